The number of aromatic nitrogens is 1. The number of nitrogens with zero attached hydrogens (tertiary/aromatic N) is 1. The predicted octanol–water partition coefficient (Wildman–Crippen LogP) is 9.86. The minimum absolute atomic E-state index is 0.608. The van der Waals surface area contributed by atoms with Crippen LogP contribution in [0.1, 0.15) is 37.0 Å². The maximum atomic E-state index is 6.95. The van der Waals surface area contributed by atoms with Crippen molar-refractivity contribution in [1.82, 2.24) is 4.57 Å². The van der Waals surface area contributed by atoms with Crippen LogP contribution in [-0.2, 0) is 5.41 Å². The Morgan fingerprint density at radius 1 is 0.634 bits per heavy atom. The van der Waals surface area contributed by atoms with E-state index in [0.29, 0.717) is 0 Å². The van der Waals surface area contributed by atoms with Crippen LogP contribution in [0.2, 0.25) is 0 Å². The van der Waals surface area contributed by atoms with Crippen LogP contribution in [0.3, 0.4) is 0 Å². The molecule has 3 heteroatoms. The zero-order chi connectivity index (χ0) is 27.6. The highest BCUT2D eigenvalue weighted by Crippen LogP contribution is 2.61. The molecule has 0 saturated heterocycles. The molecule has 5 aromatic carbocycles. The third-order valence-corrected chi connectivity index (χ3v) is 8.58. The Kier molecular flexibility index (Phi) is 5.23. The number of allylic oxidation sites excluding steroid dienone is 3. The van der Waals surface area contributed by atoms with Crippen molar-refractivity contribution in [2.24, 2.45) is 0 Å². The van der Waals surface area contributed by atoms with E-state index in [1.54, 1.807) is 0 Å². The van der Waals surface area contributed by atoms with Crippen LogP contribution in [0.25, 0.3) is 27.5 Å². The second-order valence-corrected chi connectivity index (χ2v) is 10.6. The van der Waals surface area contributed by atoms with Crippen LogP contribution < -0.4 is 9.47 Å². The van der Waals surface area contributed by atoms with Gasteiger partial charge in [-0.2, -0.15) is 0 Å². The second-order valence-electron chi connectivity index (χ2n) is 10.6. The Morgan fingerprint density at radius 2 is 1.20 bits per heavy atom. The number of para-hydroxylation sites is 5. The van der Waals surface area contributed by atoms with Gasteiger partial charge in [0.25, 0.3) is 0 Å². The van der Waals surface area contributed by atoms with Crippen molar-refractivity contribution >= 4 is 21.8 Å². The second kappa shape index (κ2) is 9.00. The number of hydrogen-bond acceptors (Lipinski definition) is 2. The zero-order valence-electron chi connectivity index (χ0n) is 23.1. The van der Waals surface area contributed by atoms with Crippen molar-refractivity contribution in [3.63, 3.8) is 0 Å². The van der Waals surface area contributed by atoms with E-state index in [9.17, 15) is 0 Å². The first kappa shape index (κ1) is 23.8. The lowest BCUT2D eigenvalue weighted by Gasteiger charge is -2.46. The van der Waals surface area contributed by atoms with Gasteiger partial charge in [-0.15, -0.1) is 0 Å². The van der Waals surface area contributed by atoms with Crippen LogP contribution in [0.15, 0.2) is 139 Å². The number of hydrogen-bond donors (Lipinski definition) is 0. The highest BCUT2D eigenvalue weighted by molar-refractivity contribution is 6.09. The standard InChI is InChI=1S/C38H29NO2/c1-3-14-34-27(4-2)38(28-17-7-11-23-35(28)40-34)29-18-8-12-24-36(29)41-37-30(38)19-13-22-33(37)39-31-20-9-5-15-25(31)26-16-6-10-21-32(26)39/h4-24H,3H2,1-2H3/b27-4+,34-14+. The number of rotatable bonds is 2. The van der Waals surface area contributed by atoms with Gasteiger partial charge in [0.05, 0.1) is 22.1 Å². The van der Waals surface area contributed by atoms with E-state index in [-0.39, 0.29) is 0 Å². The molecule has 41 heavy (non-hydrogen) atoms. The molecule has 1 unspecified atom stereocenters. The molecule has 0 bridgehead atoms. The van der Waals surface area contributed by atoms with Gasteiger partial charge in [0.15, 0.2) is 5.75 Å². The summed E-state index contributed by atoms with van der Waals surface area (Å²) in [5.74, 6) is 3.51. The minimum Gasteiger partial charge on any atom is -0.457 e. The van der Waals surface area contributed by atoms with Gasteiger partial charge >= 0.3 is 0 Å². The van der Waals surface area contributed by atoms with Crippen molar-refractivity contribution in [1.29, 1.82) is 0 Å². The molecule has 3 heterocycles. The normalized spacial score (nSPS) is 19.2. The van der Waals surface area contributed by atoms with Gasteiger partial charge in [0.1, 0.15) is 17.3 Å². The highest BCUT2D eigenvalue weighted by atomic mass is 16.5. The van der Waals surface area contributed by atoms with E-state index >= 15 is 0 Å². The number of fused-ring (bicyclic) bond motifs is 9. The van der Waals surface area contributed by atoms with E-state index in [1.807, 2.05) is 0 Å². The third-order valence-electron chi connectivity index (χ3n) is 8.58. The van der Waals surface area contributed by atoms with E-state index in [1.165, 1.54) is 10.8 Å². The largest absolute Gasteiger partial charge is 0.457 e. The summed E-state index contributed by atoms with van der Waals surface area (Å²) in [7, 11) is 0. The van der Waals surface area contributed by atoms with Crippen molar-refractivity contribution < 1.29 is 9.47 Å². The van der Waals surface area contributed by atoms with Crippen LogP contribution in [-0.4, -0.2) is 4.57 Å². The van der Waals surface area contributed by atoms with Crippen molar-refractivity contribution in [2.75, 3.05) is 0 Å². The van der Waals surface area contributed by atoms with Crippen LogP contribution in [0.5, 0.6) is 17.2 Å². The van der Waals surface area contributed by atoms with Gasteiger partial charge in [0, 0.05) is 33.0 Å². The van der Waals surface area contributed by atoms with Crippen LogP contribution >= 0.6 is 0 Å². The summed E-state index contributed by atoms with van der Waals surface area (Å²) in [6.45, 7) is 4.27. The molecule has 2 aliphatic rings. The quantitative estimate of drug-likeness (QED) is 0.222. The first-order valence-corrected chi connectivity index (χ1v) is 14.3. The minimum atomic E-state index is -0.608. The molecule has 198 valence electrons. The fraction of sp³-hybridized carbons (Fsp3) is 0.105. The Bertz CT molecular complexity index is 2010. The summed E-state index contributed by atoms with van der Waals surface area (Å²) < 4.78 is 15.9. The van der Waals surface area contributed by atoms with Gasteiger partial charge in [-0.05, 0) is 49.8 Å². The monoisotopic (exact) mass is 531 g/mol. The Balaban J connectivity index is 1.54. The SMILES string of the molecule is C/C=C1\C(=C/CC)Oc2ccccc2C12c1ccccc1Oc1c(-n3c4ccccc4c4ccccc43)cccc12. The fourth-order valence-electron chi connectivity index (χ4n) is 7.05. The molecule has 0 fully saturated rings. The van der Waals surface area contributed by atoms with E-state index < -0.39 is 5.41 Å². The molecule has 2 aliphatic heterocycles. The molecule has 1 aromatic heterocycles. The maximum Gasteiger partial charge on any atom is 0.156 e. The summed E-state index contributed by atoms with van der Waals surface area (Å²) in [4.78, 5) is 0. The zero-order valence-corrected chi connectivity index (χ0v) is 23.1. The predicted molar refractivity (Wildman–Crippen MR) is 166 cm³/mol. The molecule has 3 nitrogen and oxygen atoms in total. The lowest BCUT2D eigenvalue weighted by atomic mass is 9.61. The highest BCUT2D eigenvalue weighted by Gasteiger charge is 2.52. The number of benzene rings is 5. The number of ether oxygens (including phenoxy) is 2. The molecular formula is C38H29NO2. The van der Waals surface area contributed by atoms with Gasteiger partial charge < -0.3 is 14.0 Å². The fourth-order valence-corrected chi connectivity index (χ4v) is 7.05. The topological polar surface area (TPSA) is 23.4 Å². The summed E-state index contributed by atoms with van der Waals surface area (Å²) >= 11 is 0. The first-order chi connectivity index (χ1) is 20.3. The Morgan fingerprint density at radius 3 is 1.83 bits per heavy atom. The molecule has 0 amide bonds. The van der Waals surface area contributed by atoms with Crippen molar-refractivity contribution in [2.45, 2.75) is 25.7 Å². The molecule has 1 atom stereocenters. The molecule has 0 aliphatic carbocycles. The molecule has 8 rings (SSSR count). The van der Waals surface area contributed by atoms with Crippen molar-refractivity contribution in [3.8, 4) is 22.9 Å². The lowest BCUT2D eigenvalue weighted by molar-refractivity contribution is 0.366. The van der Waals surface area contributed by atoms with Crippen molar-refractivity contribution in [3.05, 3.63) is 155 Å². The summed E-state index contributed by atoms with van der Waals surface area (Å²) in [6, 6.07) is 40.8. The third kappa shape index (κ3) is 3.15. The van der Waals surface area contributed by atoms with Gasteiger partial charge in [-0.25, -0.2) is 0 Å². The van der Waals surface area contributed by atoms with E-state index in [4.69, 9.17) is 9.47 Å². The van der Waals surface area contributed by atoms with Gasteiger partial charge in [-0.1, -0.05) is 97.9 Å². The van der Waals surface area contributed by atoms with Crippen LogP contribution in [0, 0.1) is 0 Å². The van der Waals surface area contributed by atoms with E-state index in [2.05, 4.69) is 146 Å². The van der Waals surface area contributed by atoms with Gasteiger partial charge in [0.2, 0.25) is 0 Å². The lowest BCUT2D eigenvalue weighted by Crippen LogP contribution is -2.39. The average molecular weight is 532 g/mol. The molecule has 6 aromatic rings. The van der Waals surface area contributed by atoms with Crippen LogP contribution in [0.4, 0.5) is 0 Å². The first-order valence-electron chi connectivity index (χ1n) is 14.3. The molecule has 0 N–H and O–H groups in total. The Hall–Kier alpha value is -5.02. The maximum absolute atomic E-state index is 6.95. The molecular weight excluding hydrogens is 502 g/mol. The molecule has 0 radical (unpaired) electrons. The van der Waals surface area contributed by atoms with Gasteiger partial charge in [-0.3, -0.25) is 0 Å². The summed E-state index contributed by atoms with van der Waals surface area (Å²) in [6.07, 6.45) is 5.29. The molecule has 0 saturated carbocycles. The average Bonchev–Trinajstić information content (AvgIpc) is 3.35. The summed E-state index contributed by atoms with van der Waals surface area (Å²) in [5.41, 5.74) is 7.22. The molecule has 1 spiro atoms. The van der Waals surface area contributed by atoms with E-state index in [0.717, 1.165) is 68.4 Å². The summed E-state index contributed by atoms with van der Waals surface area (Å²) in [5, 5.41) is 2.45. The Labute approximate surface area is 239 Å². The smallest absolute Gasteiger partial charge is 0.156 e.